The molecule has 1 fully saturated rings. The van der Waals surface area contributed by atoms with Gasteiger partial charge < -0.3 is 10.8 Å². The second kappa shape index (κ2) is 3.88. The van der Waals surface area contributed by atoms with E-state index in [-0.39, 0.29) is 6.04 Å². The molecule has 0 aromatic carbocycles. The number of aromatic nitrogens is 2. The summed E-state index contributed by atoms with van der Waals surface area (Å²) in [5, 5.41) is 14.8. The fourth-order valence-electron chi connectivity index (χ4n) is 2.34. The third kappa shape index (κ3) is 1.84. The zero-order valence-electron chi connectivity index (χ0n) is 8.78. The molecule has 0 bridgehead atoms. The predicted octanol–water partition coefficient (Wildman–Crippen LogP) is 1.36. The summed E-state index contributed by atoms with van der Waals surface area (Å²) in [5.41, 5.74) is 5.93. The van der Waals surface area contributed by atoms with Crippen molar-refractivity contribution in [2.24, 2.45) is 5.73 Å². The highest BCUT2D eigenvalue weighted by Gasteiger charge is 2.41. The Bertz CT molecular complexity index is 366. The van der Waals surface area contributed by atoms with E-state index in [1.807, 2.05) is 11.6 Å². The van der Waals surface area contributed by atoms with Crippen molar-refractivity contribution in [2.75, 3.05) is 0 Å². The minimum absolute atomic E-state index is 0.0992. The predicted molar refractivity (Wildman–Crippen MR) is 61.3 cm³/mol. The molecule has 0 radical (unpaired) electrons. The average Bonchev–Trinajstić information content (AvgIpc) is 2.71. The lowest BCUT2D eigenvalue weighted by Crippen LogP contribution is -2.28. The molecule has 15 heavy (non-hydrogen) atoms. The van der Waals surface area contributed by atoms with E-state index in [4.69, 9.17) is 5.73 Å². The Morgan fingerprint density at radius 1 is 1.80 bits per heavy atom. The monoisotopic (exact) mass is 273 g/mol. The van der Waals surface area contributed by atoms with Gasteiger partial charge in [-0.15, -0.1) is 0 Å². The van der Waals surface area contributed by atoms with Gasteiger partial charge in [0.1, 0.15) is 5.60 Å². The molecule has 0 aliphatic heterocycles. The second-order valence-electron chi connectivity index (χ2n) is 4.19. The van der Waals surface area contributed by atoms with Gasteiger partial charge in [-0.3, -0.25) is 4.68 Å². The Hall–Kier alpha value is -0.390. The van der Waals surface area contributed by atoms with Gasteiger partial charge >= 0.3 is 0 Å². The Morgan fingerprint density at radius 2 is 2.53 bits per heavy atom. The summed E-state index contributed by atoms with van der Waals surface area (Å²) in [4.78, 5) is 0. The van der Waals surface area contributed by atoms with Crippen molar-refractivity contribution in [1.82, 2.24) is 9.78 Å². The summed E-state index contributed by atoms with van der Waals surface area (Å²) in [6.45, 7) is 2.78. The molecule has 1 heterocycles. The van der Waals surface area contributed by atoms with Crippen LogP contribution in [0.5, 0.6) is 0 Å². The zero-order chi connectivity index (χ0) is 11.1. The normalized spacial score (nSPS) is 31.1. The van der Waals surface area contributed by atoms with Gasteiger partial charge in [0, 0.05) is 12.6 Å². The Kier molecular flexibility index (Phi) is 2.87. The first-order valence-corrected chi connectivity index (χ1v) is 6.06. The van der Waals surface area contributed by atoms with Crippen LogP contribution in [-0.4, -0.2) is 20.9 Å². The third-order valence-electron chi connectivity index (χ3n) is 3.06. The summed E-state index contributed by atoms with van der Waals surface area (Å²) in [5.74, 6) is 0. The molecule has 1 aliphatic carbocycles. The van der Waals surface area contributed by atoms with Crippen molar-refractivity contribution in [2.45, 2.75) is 44.4 Å². The molecule has 2 unspecified atom stereocenters. The zero-order valence-corrected chi connectivity index (χ0v) is 10.4. The quantitative estimate of drug-likeness (QED) is 0.856. The maximum atomic E-state index is 10.5. The van der Waals surface area contributed by atoms with Crippen molar-refractivity contribution in [3.63, 3.8) is 0 Å². The van der Waals surface area contributed by atoms with Crippen molar-refractivity contribution in [3.8, 4) is 0 Å². The largest absolute Gasteiger partial charge is 0.383 e. The highest BCUT2D eigenvalue weighted by atomic mass is 79.9. The number of rotatable bonds is 2. The molecule has 1 aliphatic rings. The SMILES string of the molecule is CCn1ncc(Br)c1C1(O)CCC(N)C1. The van der Waals surface area contributed by atoms with Crippen LogP contribution in [0.1, 0.15) is 31.9 Å². The third-order valence-corrected chi connectivity index (χ3v) is 3.64. The smallest absolute Gasteiger partial charge is 0.109 e. The maximum absolute atomic E-state index is 10.5. The molecule has 2 atom stereocenters. The van der Waals surface area contributed by atoms with Crippen LogP contribution in [0.3, 0.4) is 0 Å². The minimum atomic E-state index is -0.801. The van der Waals surface area contributed by atoms with E-state index in [9.17, 15) is 5.11 Å². The van der Waals surface area contributed by atoms with Gasteiger partial charge in [0.2, 0.25) is 0 Å². The first-order valence-electron chi connectivity index (χ1n) is 5.26. The van der Waals surface area contributed by atoms with E-state index in [1.165, 1.54) is 0 Å². The topological polar surface area (TPSA) is 64.1 Å². The molecule has 5 heteroatoms. The van der Waals surface area contributed by atoms with Gasteiger partial charge in [-0.05, 0) is 42.1 Å². The fourth-order valence-corrected chi connectivity index (χ4v) is 3.01. The summed E-state index contributed by atoms with van der Waals surface area (Å²) in [6, 6.07) is 0.0992. The van der Waals surface area contributed by atoms with Crippen LogP contribution < -0.4 is 5.73 Å². The van der Waals surface area contributed by atoms with Gasteiger partial charge in [-0.2, -0.15) is 5.10 Å². The van der Waals surface area contributed by atoms with E-state index in [0.29, 0.717) is 6.42 Å². The summed E-state index contributed by atoms with van der Waals surface area (Å²) in [6.07, 6.45) is 3.95. The highest BCUT2D eigenvalue weighted by Crippen LogP contribution is 2.40. The van der Waals surface area contributed by atoms with Gasteiger partial charge in [0.05, 0.1) is 16.4 Å². The number of aryl methyl sites for hydroxylation is 1. The first-order chi connectivity index (χ1) is 7.07. The van der Waals surface area contributed by atoms with Crippen molar-refractivity contribution < 1.29 is 5.11 Å². The van der Waals surface area contributed by atoms with Crippen molar-refractivity contribution in [1.29, 1.82) is 0 Å². The Labute approximate surface area is 97.6 Å². The molecule has 0 amide bonds. The van der Waals surface area contributed by atoms with Crippen LogP contribution in [0.2, 0.25) is 0 Å². The van der Waals surface area contributed by atoms with Gasteiger partial charge in [-0.1, -0.05) is 0 Å². The van der Waals surface area contributed by atoms with E-state index in [1.54, 1.807) is 6.20 Å². The van der Waals surface area contributed by atoms with Crippen LogP contribution in [0, 0.1) is 0 Å². The molecule has 1 saturated carbocycles. The molecular formula is C10H16BrN3O. The molecule has 0 saturated heterocycles. The van der Waals surface area contributed by atoms with Crippen molar-refractivity contribution >= 4 is 15.9 Å². The van der Waals surface area contributed by atoms with Crippen LogP contribution in [0.4, 0.5) is 0 Å². The minimum Gasteiger partial charge on any atom is -0.383 e. The van der Waals surface area contributed by atoms with E-state index in [2.05, 4.69) is 21.0 Å². The standard InChI is InChI=1S/C10H16BrN3O/c1-2-14-9(8(11)6-13-14)10(15)4-3-7(12)5-10/h6-7,15H,2-5,12H2,1H3. The van der Waals surface area contributed by atoms with Gasteiger partial charge in [-0.25, -0.2) is 0 Å². The molecule has 84 valence electrons. The lowest BCUT2D eigenvalue weighted by molar-refractivity contribution is 0.0330. The summed E-state index contributed by atoms with van der Waals surface area (Å²) in [7, 11) is 0. The molecule has 3 N–H and O–H groups in total. The van der Waals surface area contributed by atoms with E-state index < -0.39 is 5.60 Å². The number of hydrogen-bond donors (Lipinski definition) is 2. The lowest BCUT2D eigenvalue weighted by atomic mass is 9.97. The average molecular weight is 274 g/mol. The molecule has 1 aromatic heterocycles. The van der Waals surface area contributed by atoms with Crippen LogP contribution in [0.15, 0.2) is 10.7 Å². The molecular weight excluding hydrogens is 258 g/mol. The Morgan fingerprint density at radius 3 is 3.07 bits per heavy atom. The number of aliphatic hydroxyl groups is 1. The van der Waals surface area contributed by atoms with Crippen LogP contribution in [-0.2, 0) is 12.1 Å². The number of hydrogen-bond acceptors (Lipinski definition) is 3. The summed E-state index contributed by atoms with van der Waals surface area (Å²) >= 11 is 3.44. The number of halogens is 1. The number of nitrogens with two attached hydrogens (primary N) is 1. The van der Waals surface area contributed by atoms with Gasteiger partial charge in [0.15, 0.2) is 0 Å². The van der Waals surface area contributed by atoms with Gasteiger partial charge in [0.25, 0.3) is 0 Å². The maximum Gasteiger partial charge on any atom is 0.109 e. The second-order valence-corrected chi connectivity index (χ2v) is 5.05. The lowest BCUT2D eigenvalue weighted by Gasteiger charge is -2.24. The van der Waals surface area contributed by atoms with Crippen LogP contribution >= 0.6 is 15.9 Å². The summed E-state index contributed by atoms with van der Waals surface area (Å²) < 4.78 is 2.71. The first kappa shape index (κ1) is 11.1. The van der Waals surface area contributed by atoms with E-state index >= 15 is 0 Å². The van der Waals surface area contributed by atoms with Crippen LogP contribution in [0.25, 0.3) is 0 Å². The highest BCUT2D eigenvalue weighted by molar-refractivity contribution is 9.10. The fraction of sp³-hybridized carbons (Fsp3) is 0.700. The molecule has 0 spiro atoms. The molecule has 4 nitrogen and oxygen atoms in total. The number of nitrogens with zero attached hydrogens (tertiary/aromatic N) is 2. The molecule has 2 rings (SSSR count). The van der Waals surface area contributed by atoms with E-state index in [0.717, 1.165) is 29.6 Å². The van der Waals surface area contributed by atoms with Crippen molar-refractivity contribution in [3.05, 3.63) is 16.4 Å². The Balaban J connectivity index is 2.39. The molecule has 1 aromatic rings.